The van der Waals surface area contributed by atoms with E-state index in [1.54, 1.807) is 30.3 Å². The summed E-state index contributed by atoms with van der Waals surface area (Å²) in [7, 11) is 0. The number of hydrogen-bond acceptors (Lipinski definition) is 6. The number of carbonyl (C=O) groups excluding carboxylic acids is 1. The van der Waals surface area contributed by atoms with E-state index >= 15 is 0 Å². The Bertz CT molecular complexity index is 986. The van der Waals surface area contributed by atoms with Gasteiger partial charge in [0.1, 0.15) is 22.6 Å². The normalized spacial score (nSPS) is 11.0. The van der Waals surface area contributed by atoms with Crippen molar-refractivity contribution in [1.82, 2.24) is 0 Å². The van der Waals surface area contributed by atoms with E-state index in [9.17, 15) is 19.8 Å². The Morgan fingerprint density at radius 1 is 1.04 bits per heavy atom. The lowest BCUT2D eigenvalue weighted by molar-refractivity contribution is 0.104. The number of benzene rings is 2. The zero-order chi connectivity index (χ0) is 17.1. The lowest BCUT2D eigenvalue weighted by atomic mass is 10.1. The van der Waals surface area contributed by atoms with Gasteiger partial charge in [0.2, 0.25) is 0 Å². The first kappa shape index (κ1) is 15.4. The van der Waals surface area contributed by atoms with Gasteiger partial charge in [0.05, 0.1) is 5.39 Å². The average molecular weight is 323 g/mol. The van der Waals surface area contributed by atoms with Crippen molar-refractivity contribution in [3.63, 3.8) is 0 Å². The maximum atomic E-state index is 12.2. The topological polar surface area (TPSA) is 99.8 Å². The van der Waals surface area contributed by atoms with Crippen molar-refractivity contribution in [2.75, 3.05) is 5.32 Å². The molecular formula is C18H13NO5. The lowest BCUT2D eigenvalue weighted by Gasteiger charge is -2.04. The molecule has 6 nitrogen and oxygen atoms in total. The van der Waals surface area contributed by atoms with Crippen molar-refractivity contribution in [1.29, 1.82) is 0 Å². The average Bonchev–Trinajstić information content (AvgIpc) is 2.57. The predicted octanol–water partition coefficient (Wildman–Crippen LogP) is 3.01. The molecule has 2 aromatic carbocycles. The molecule has 120 valence electrons. The minimum atomic E-state index is -0.898. The summed E-state index contributed by atoms with van der Waals surface area (Å²) < 4.78 is 5.05. The van der Waals surface area contributed by atoms with Crippen LogP contribution in [0.15, 0.2) is 70.0 Å². The minimum Gasteiger partial charge on any atom is -0.508 e. The Morgan fingerprint density at radius 2 is 1.75 bits per heavy atom. The fourth-order valence-electron chi connectivity index (χ4n) is 2.21. The summed E-state index contributed by atoms with van der Waals surface area (Å²) in [5, 5.41) is 22.5. The number of allylic oxidation sites excluding steroid dienone is 1. The van der Waals surface area contributed by atoms with E-state index in [1.165, 1.54) is 24.4 Å². The van der Waals surface area contributed by atoms with Gasteiger partial charge in [0, 0.05) is 18.0 Å². The van der Waals surface area contributed by atoms with E-state index < -0.39 is 22.7 Å². The zero-order valence-corrected chi connectivity index (χ0v) is 12.4. The number of fused-ring (bicyclic) bond motifs is 1. The number of ketones is 1. The molecule has 0 bridgehead atoms. The lowest BCUT2D eigenvalue weighted by Crippen LogP contribution is -2.13. The quantitative estimate of drug-likeness (QED) is 0.295. The summed E-state index contributed by atoms with van der Waals surface area (Å²) in [6, 6.07) is 12.6. The third-order valence-corrected chi connectivity index (χ3v) is 3.38. The highest BCUT2D eigenvalue weighted by molar-refractivity contribution is 6.09. The van der Waals surface area contributed by atoms with Gasteiger partial charge in [0.25, 0.3) is 0 Å². The maximum absolute atomic E-state index is 12.2. The van der Waals surface area contributed by atoms with E-state index in [2.05, 4.69) is 5.32 Å². The Hall–Kier alpha value is -3.54. The van der Waals surface area contributed by atoms with Gasteiger partial charge >= 0.3 is 5.63 Å². The summed E-state index contributed by atoms with van der Waals surface area (Å²) in [5.74, 6) is -0.960. The molecule has 1 aromatic heterocycles. The molecule has 0 saturated heterocycles. The molecular weight excluding hydrogens is 310 g/mol. The molecule has 3 aromatic rings. The van der Waals surface area contributed by atoms with E-state index in [4.69, 9.17) is 4.42 Å². The first-order valence-corrected chi connectivity index (χ1v) is 7.07. The molecule has 0 unspecified atom stereocenters. The summed E-state index contributed by atoms with van der Waals surface area (Å²) in [4.78, 5) is 24.1. The van der Waals surface area contributed by atoms with Crippen molar-refractivity contribution in [3.05, 3.63) is 76.8 Å². The molecule has 0 amide bonds. The van der Waals surface area contributed by atoms with Crippen LogP contribution in [0, 0.1) is 0 Å². The number of rotatable bonds is 4. The molecule has 3 rings (SSSR count). The van der Waals surface area contributed by atoms with Crippen molar-refractivity contribution < 1.29 is 19.4 Å². The molecule has 1 heterocycles. The van der Waals surface area contributed by atoms with E-state index in [1.807, 2.05) is 0 Å². The van der Waals surface area contributed by atoms with Crippen LogP contribution < -0.4 is 10.9 Å². The maximum Gasteiger partial charge on any atom is 0.351 e. The molecule has 0 radical (unpaired) electrons. The Kier molecular flexibility index (Phi) is 4.03. The van der Waals surface area contributed by atoms with Gasteiger partial charge < -0.3 is 19.9 Å². The minimum absolute atomic E-state index is 0.124. The van der Waals surface area contributed by atoms with Gasteiger partial charge in [-0.15, -0.1) is 0 Å². The Morgan fingerprint density at radius 3 is 2.50 bits per heavy atom. The number of nitrogens with one attached hydrogen (secondary N) is 1. The van der Waals surface area contributed by atoms with Crippen LogP contribution in [0.25, 0.3) is 11.0 Å². The fraction of sp³-hybridized carbons (Fsp3) is 0. The third-order valence-electron chi connectivity index (χ3n) is 3.38. The van der Waals surface area contributed by atoms with Crippen molar-refractivity contribution in [3.8, 4) is 11.5 Å². The van der Waals surface area contributed by atoms with Gasteiger partial charge in [-0.1, -0.05) is 12.1 Å². The highest BCUT2D eigenvalue weighted by atomic mass is 16.4. The van der Waals surface area contributed by atoms with E-state index in [-0.39, 0.29) is 11.3 Å². The smallest absolute Gasteiger partial charge is 0.351 e. The van der Waals surface area contributed by atoms with Crippen molar-refractivity contribution in [2.45, 2.75) is 0 Å². The highest BCUT2D eigenvalue weighted by Gasteiger charge is 2.18. The zero-order valence-electron chi connectivity index (χ0n) is 12.4. The van der Waals surface area contributed by atoms with E-state index in [0.717, 1.165) is 6.08 Å². The van der Waals surface area contributed by atoms with Crippen LogP contribution in [-0.4, -0.2) is 16.0 Å². The van der Waals surface area contributed by atoms with Crippen LogP contribution in [0.1, 0.15) is 10.4 Å². The highest BCUT2D eigenvalue weighted by Crippen LogP contribution is 2.26. The van der Waals surface area contributed by atoms with Crippen LogP contribution in [0.4, 0.5) is 5.69 Å². The molecule has 0 aliphatic heterocycles. The molecule has 0 fully saturated rings. The van der Waals surface area contributed by atoms with Gasteiger partial charge in [0.15, 0.2) is 5.78 Å². The number of hydrogen-bond donors (Lipinski definition) is 3. The van der Waals surface area contributed by atoms with Crippen LogP contribution >= 0.6 is 0 Å². The number of aromatic hydroxyl groups is 2. The second kappa shape index (κ2) is 6.29. The summed E-state index contributed by atoms with van der Waals surface area (Å²) in [6.45, 7) is 0. The largest absolute Gasteiger partial charge is 0.508 e. The van der Waals surface area contributed by atoms with Crippen molar-refractivity contribution in [2.24, 2.45) is 0 Å². The summed E-state index contributed by atoms with van der Waals surface area (Å²) >= 11 is 0. The molecule has 24 heavy (non-hydrogen) atoms. The molecule has 0 spiro atoms. The van der Waals surface area contributed by atoms with E-state index in [0.29, 0.717) is 11.1 Å². The summed E-state index contributed by atoms with van der Waals surface area (Å²) in [6.07, 6.45) is 2.45. The van der Waals surface area contributed by atoms with Gasteiger partial charge in [-0.25, -0.2) is 4.79 Å². The first-order chi connectivity index (χ1) is 11.6. The molecule has 0 atom stereocenters. The monoisotopic (exact) mass is 323 g/mol. The Labute approximate surface area is 136 Å². The standard InChI is InChI=1S/C18H13NO5/c20-12-7-5-11(6-8-12)19-10-9-14(21)16-17(22)13-3-1-2-4-15(13)24-18(16)23/h1-10,19-20,22H/b10-9+. The van der Waals surface area contributed by atoms with Gasteiger partial charge in [-0.2, -0.15) is 0 Å². The number of anilines is 1. The molecule has 3 N–H and O–H groups in total. The fourth-order valence-corrected chi connectivity index (χ4v) is 2.21. The van der Waals surface area contributed by atoms with Crippen LogP contribution in [0.3, 0.4) is 0 Å². The van der Waals surface area contributed by atoms with Crippen LogP contribution in [0.5, 0.6) is 11.5 Å². The second-order valence-corrected chi connectivity index (χ2v) is 5.00. The first-order valence-electron chi connectivity index (χ1n) is 7.07. The van der Waals surface area contributed by atoms with Gasteiger partial charge in [-0.05, 0) is 36.4 Å². The van der Waals surface area contributed by atoms with Crippen LogP contribution in [-0.2, 0) is 0 Å². The number of carbonyl (C=O) groups is 1. The molecule has 6 heteroatoms. The number of para-hydroxylation sites is 1. The third kappa shape index (κ3) is 2.98. The molecule has 0 aliphatic rings. The van der Waals surface area contributed by atoms with Crippen molar-refractivity contribution >= 4 is 22.4 Å². The summed E-state index contributed by atoms with van der Waals surface area (Å²) in [5.41, 5.74) is -0.461. The molecule has 0 saturated carbocycles. The van der Waals surface area contributed by atoms with Gasteiger partial charge in [-0.3, -0.25) is 4.79 Å². The second-order valence-electron chi connectivity index (χ2n) is 5.00. The molecule has 0 aliphatic carbocycles. The van der Waals surface area contributed by atoms with Crippen LogP contribution in [0.2, 0.25) is 0 Å². The SMILES string of the molecule is O=C(/C=C/Nc1ccc(O)cc1)c1c(O)c2ccccc2oc1=O. The predicted molar refractivity (Wildman–Crippen MR) is 89.3 cm³/mol. The number of phenolic OH excluding ortho intramolecular Hbond substituents is 1. The Balaban J connectivity index is 1.87. The number of phenols is 1.